The van der Waals surface area contributed by atoms with Gasteiger partial charge in [-0.2, -0.15) is 4.42 Å². The van der Waals surface area contributed by atoms with E-state index >= 15 is 0 Å². The summed E-state index contributed by atoms with van der Waals surface area (Å²) in [5.41, 5.74) is 0. The van der Waals surface area contributed by atoms with Crippen LogP contribution in [-0.4, -0.2) is 58.1 Å². The Balaban J connectivity index is 0.000000640. The Hall–Kier alpha value is 1.01. The summed E-state index contributed by atoms with van der Waals surface area (Å²) in [6, 6.07) is 0. The predicted molar refractivity (Wildman–Crippen MR) is 40.8 cm³/mol. The molecule has 0 aromatic heterocycles. The third-order valence-electron chi connectivity index (χ3n) is 0.731. The standard InChI is InChI=1S/C3H5Cl2N3.Na.H/c4-7-1-6-2-8(5)3-7;;/h1H,2-3H2;;. The number of halogens is 2. The normalized spacial score (nSPS) is 19.6. The van der Waals surface area contributed by atoms with Crippen LogP contribution in [0.3, 0.4) is 0 Å². The van der Waals surface area contributed by atoms with Gasteiger partial charge in [-0.25, -0.2) is 0 Å². The van der Waals surface area contributed by atoms with Crippen molar-refractivity contribution in [2.75, 3.05) is 13.3 Å². The van der Waals surface area contributed by atoms with Gasteiger partial charge in [0, 0.05) is 11.8 Å². The van der Waals surface area contributed by atoms with Crippen molar-refractivity contribution in [3.8, 4) is 0 Å². The minimum atomic E-state index is 0. The number of rotatable bonds is 0. The molecule has 0 fully saturated rings. The molecule has 0 spiro atoms. The molecule has 3 nitrogen and oxygen atoms in total. The molecule has 0 aromatic rings. The Labute approximate surface area is 86.1 Å². The van der Waals surface area contributed by atoms with Crippen LogP contribution in [0.15, 0.2) is 4.99 Å². The fourth-order valence-corrected chi connectivity index (χ4v) is 0.864. The molecule has 0 N–H and O–H groups in total. The SMILES string of the molecule is ClN1C=NCN(Cl)C1.[NaH]. The first-order valence-corrected chi connectivity index (χ1v) is 2.80. The molecule has 1 aliphatic heterocycles. The molecular weight excluding hydrogens is 172 g/mol. The first kappa shape index (κ1) is 10.0. The zero-order chi connectivity index (χ0) is 5.98. The van der Waals surface area contributed by atoms with Crippen LogP contribution in [0.25, 0.3) is 0 Å². The molecule has 0 atom stereocenters. The Morgan fingerprint density at radius 1 is 1.44 bits per heavy atom. The van der Waals surface area contributed by atoms with Gasteiger partial charge in [0.1, 0.15) is 19.7 Å². The average molecular weight is 178 g/mol. The monoisotopic (exact) mass is 177 g/mol. The van der Waals surface area contributed by atoms with Gasteiger partial charge in [-0.05, 0) is 11.8 Å². The van der Waals surface area contributed by atoms with Crippen LogP contribution >= 0.6 is 23.6 Å². The van der Waals surface area contributed by atoms with Crippen molar-refractivity contribution in [3.63, 3.8) is 0 Å². The van der Waals surface area contributed by atoms with Gasteiger partial charge in [0.2, 0.25) is 0 Å². The quantitative estimate of drug-likeness (QED) is 0.390. The van der Waals surface area contributed by atoms with Gasteiger partial charge in [0.15, 0.2) is 0 Å². The third kappa shape index (κ3) is 3.65. The van der Waals surface area contributed by atoms with Crippen LogP contribution in [0, 0.1) is 0 Å². The molecule has 1 heterocycles. The second kappa shape index (κ2) is 4.77. The van der Waals surface area contributed by atoms with Crippen LogP contribution in [0.5, 0.6) is 0 Å². The first-order valence-electron chi connectivity index (χ1n) is 2.12. The summed E-state index contributed by atoms with van der Waals surface area (Å²) in [5.74, 6) is 0. The topological polar surface area (TPSA) is 18.8 Å². The van der Waals surface area contributed by atoms with Crippen LogP contribution in [-0.2, 0) is 0 Å². The van der Waals surface area contributed by atoms with Crippen molar-refractivity contribution in [1.29, 1.82) is 0 Å². The van der Waals surface area contributed by atoms with E-state index < -0.39 is 0 Å². The van der Waals surface area contributed by atoms with E-state index in [-0.39, 0.29) is 29.6 Å². The maximum absolute atomic E-state index is 5.50. The predicted octanol–water partition coefficient (Wildman–Crippen LogP) is 0.206. The van der Waals surface area contributed by atoms with E-state index in [4.69, 9.17) is 23.6 Å². The second-order valence-electron chi connectivity index (χ2n) is 1.44. The molecule has 0 saturated carbocycles. The van der Waals surface area contributed by atoms with Gasteiger partial charge in [0.25, 0.3) is 0 Å². The molecule has 0 aliphatic carbocycles. The zero-order valence-corrected chi connectivity index (χ0v) is 5.60. The van der Waals surface area contributed by atoms with Gasteiger partial charge >= 0.3 is 29.6 Å². The maximum atomic E-state index is 5.50. The molecule has 0 unspecified atom stereocenters. The van der Waals surface area contributed by atoms with Crippen LogP contribution in [0.4, 0.5) is 0 Å². The summed E-state index contributed by atoms with van der Waals surface area (Å²) in [6.45, 7) is 1.04. The van der Waals surface area contributed by atoms with Crippen molar-refractivity contribution >= 4 is 59.4 Å². The van der Waals surface area contributed by atoms with Gasteiger partial charge in [-0.15, -0.1) is 0 Å². The molecule has 6 heteroatoms. The summed E-state index contributed by atoms with van der Waals surface area (Å²) in [6.07, 6.45) is 1.54. The first-order chi connectivity index (χ1) is 3.79. The summed E-state index contributed by atoms with van der Waals surface area (Å²) in [7, 11) is 0. The van der Waals surface area contributed by atoms with Crippen LogP contribution in [0.1, 0.15) is 0 Å². The van der Waals surface area contributed by atoms with E-state index in [0.717, 1.165) is 0 Å². The average Bonchev–Trinajstić information content (AvgIpc) is 1.64. The number of nitrogens with zero attached hydrogens (tertiary/aromatic N) is 3. The van der Waals surface area contributed by atoms with Crippen LogP contribution in [0.2, 0.25) is 0 Å². The van der Waals surface area contributed by atoms with Gasteiger partial charge in [-0.3, -0.25) is 9.41 Å². The molecular formula is C3H6Cl2N3Na. The number of hydrogen-bond acceptors (Lipinski definition) is 3. The molecule has 48 valence electrons. The van der Waals surface area contributed by atoms with Crippen molar-refractivity contribution in [3.05, 3.63) is 0 Å². The minimum absolute atomic E-state index is 0. The molecule has 0 radical (unpaired) electrons. The van der Waals surface area contributed by atoms with E-state index in [9.17, 15) is 0 Å². The van der Waals surface area contributed by atoms with E-state index in [1.165, 1.54) is 8.84 Å². The van der Waals surface area contributed by atoms with Crippen molar-refractivity contribution in [1.82, 2.24) is 8.84 Å². The van der Waals surface area contributed by atoms with E-state index in [0.29, 0.717) is 13.3 Å². The number of hydrogen-bond donors (Lipinski definition) is 0. The summed E-state index contributed by atoms with van der Waals surface area (Å²) in [4.78, 5) is 3.80. The fourth-order valence-electron chi connectivity index (χ4n) is 0.442. The molecule has 0 saturated heterocycles. The van der Waals surface area contributed by atoms with Gasteiger partial charge in [-0.1, -0.05) is 0 Å². The Morgan fingerprint density at radius 2 is 2.11 bits per heavy atom. The Bertz CT molecular complexity index is 109. The molecule has 1 rings (SSSR count). The molecule has 0 bridgehead atoms. The third-order valence-corrected chi connectivity index (χ3v) is 1.14. The molecule has 1 aliphatic rings. The summed E-state index contributed by atoms with van der Waals surface area (Å²) < 4.78 is 2.86. The molecule has 0 amide bonds. The molecule has 0 aromatic carbocycles. The molecule has 9 heavy (non-hydrogen) atoms. The van der Waals surface area contributed by atoms with Gasteiger partial charge < -0.3 is 0 Å². The Kier molecular flexibility index (Phi) is 5.30. The summed E-state index contributed by atoms with van der Waals surface area (Å²) >= 11 is 11.0. The number of aliphatic imine (C=N–C) groups is 1. The van der Waals surface area contributed by atoms with Crippen molar-refractivity contribution < 1.29 is 0 Å². The van der Waals surface area contributed by atoms with E-state index in [2.05, 4.69) is 4.99 Å². The van der Waals surface area contributed by atoms with Crippen molar-refractivity contribution in [2.24, 2.45) is 4.99 Å². The van der Waals surface area contributed by atoms with Crippen LogP contribution < -0.4 is 0 Å². The zero-order valence-electron chi connectivity index (χ0n) is 4.09. The summed E-state index contributed by atoms with van der Waals surface area (Å²) in [5, 5.41) is 0. The van der Waals surface area contributed by atoms with Gasteiger partial charge in [0.05, 0.1) is 0 Å². The fraction of sp³-hybridized carbons (Fsp3) is 0.667. The van der Waals surface area contributed by atoms with E-state index in [1.54, 1.807) is 6.34 Å². The van der Waals surface area contributed by atoms with E-state index in [1.807, 2.05) is 0 Å². The van der Waals surface area contributed by atoms with Crippen molar-refractivity contribution in [2.45, 2.75) is 0 Å². The Morgan fingerprint density at radius 3 is 2.44 bits per heavy atom. The second-order valence-corrected chi connectivity index (χ2v) is 2.36.